The first-order valence-corrected chi connectivity index (χ1v) is 9.14. The van der Waals surface area contributed by atoms with Gasteiger partial charge >= 0.3 is 0 Å². The quantitative estimate of drug-likeness (QED) is 0.787. The number of nitrogens with zero attached hydrogens (tertiary/aromatic N) is 3. The number of fused-ring (bicyclic) bond motifs is 2. The molecule has 2 aromatic rings. The van der Waals surface area contributed by atoms with E-state index in [0.717, 1.165) is 22.8 Å². The van der Waals surface area contributed by atoms with Gasteiger partial charge in [-0.3, -0.25) is 19.3 Å². The zero-order chi connectivity index (χ0) is 19.1. The molecule has 138 valence electrons. The molecule has 0 aliphatic carbocycles. The van der Waals surface area contributed by atoms with E-state index in [1.165, 1.54) is 0 Å². The first-order chi connectivity index (χ1) is 13.0. The van der Waals surface area contributed by atoms with Gasteiger partial charge in [0, 0.05) is 19.1 Å². The van der Waals surface area contributed by atoms with Gasteiger partial charge < -0.3 is 9.80 Å². The summed E-state index contributed by atoms with van der Waals surface area (Å²) in [6.45, 7) is 5.27. The summed E-state index contributed by atoms with van der Waals surface area (Å²) in [5.41, 5.74) is 2.54. The molecular weight excluding hydrogens is 342 g/mol. The average Bonchev–Trinajstić information content (AvgIpc) is 2.92. The number of anilines is 2. The molecule has 6 nitrogen and oxygen atoms in total. The Kier molecular flexibility index (Phi) is 4.18. The van der Waals surface area contributed by atoms with Gasteiger partial charge in [0.15, 0.2) is 0 Å². The molecule has 0 N–H and O–H groups in total. The zero-order valence-electron chi connectivity index (χ0n) is 15.4. The Bertz CT molecular complexity index is 905. The minimum Gasteiger partial charge on any atom is -0.366 e. The lowest BCUT2D eigenvalue weighted by atomic mass is 10.1. The third kappa shape index (κ3) is 2.68. The zero-order valence-corrected chi connectivity index (χ0v) is 15.4. The van der Waals surface area contributed by atoms with Crippen molar-refractivity contribution in [2.45, 2.75) is 19.9 Å². The molecule has 2 heterocycles. The number of amides is 3. The predicted octanol–water partition coefficient (Wildman–Crippen LogP) is 2.54. The molecule has 2 aromatic carbocycles. The molecule has 6 heteroatoms. The molecule has 2 aliphatic heterocycles. The highest BCUT2D eigenvalue weighted by atomic mass is 16.2. The van der Waals surface area contributed by atoms with E-state index in [2.05, 4.69) is 18.7 Å². The Labute approximate surface area is 158 Å². The molecule has 0 saturated heterocycles. The highest BCUT2D eigenvalue weighted by Gasteiger charge is 2.38. The van der Waals surface area contributed by atoms with E-state index in [4.69, 9.17) is 0 Å². The molecule has 0 fully saturated rings. The second kappa shape index (κ2) is 6.54. The van der Waals surface area contributed by atoms with Crippen LogP contribution in [0.3, 0.4) is 0 Å². The van der Waals surface area contributed by atoms with Crippen LogP contribution in [0, 0.1) is 0 Å². The van der Waals surface area contributed by atoms with E-state index in [-0.39, 0.29) is 18.5 Å². The van der Waals surface area contributed by atoms with E-state index >= 15 is 0 Å². The molecule has 3 amide bonds. The summed E-state index contributed by atoms with van der Waals surface area (Å²) in [4.78, 5) is 43.2. The Morgan fingerprint density at radius 2 is 1.52 bits per heavy atom. The van der Waals surface area contributed by atoms with Gasteiger partial charge in [-0.1, -0.05) is 24.3 Å². The first-order valence-electron chi connectivity index (χ1n) is 9.14. The van der Waals surface area contributed by atoms with Crippen LogP contribution in [0.1, 0.15) is 34.6 Å². The number of benzene rings is 2. The van der Waals surface area contributed by atoms with Crippen LogP contribution in [-0.4, -0.2) is 48.3 Å². The van der Waals surface area contributed by atoms with Crippen LogP contribution in [0.5, 0.6) is 0 Å². The van der Waals surface area contributed by atoms with Crippen LogP contribution >= 0.6 is 0 Å². The molecule has 0 radical (unpaired) electrons. The first kappa shape index (κ1) is 17.3. The molecular formula is C21H21N3O3. The van der Waals surface area contributed by atoms with Crippen LogP contribution in [0.25, 0.3) is 0 Å². The summed E-state index contributed by atoms with van der Waals surface area (Å²) in [6, 6.07) is 14.6. The Hall–Kier alpha value is -3.15. The van der Waals surface area contributed by atoms with Crippen molar-refractivity contribution >= 4 is 29.1 Å². The molecule has 4 rings (SSSR count). The van der Waals surface area contributed by atoms with Crippen LogP contribution in [0.15, 0.2) is 48.5 Å². The van der Waals surface area contributed by atoms with Gasteiger partial charge in [-0.05, 0) is 38.1 Å². The highest BCUT2D eigenvalue weighted by Crippen LogP contribution is 2.35. The normalized spacial score (nSPS) is 18.6. The maximum atomic E-state index is 13.1. The fourth-order valence-corrected chi connectivity index (χ4v) is 3.96. The fraction of sp³-hybridized carbons (Fsp3) is 0.286. The minimum atomic E-state index is -0.405. The summed E-state index contributed by atoms with van der Waals surface area (Å²) >= 11 is 0. The van der Waals surface area contributed by atoms with E-state index in [1.807, 2.05) is 24.3 Å². The van der Waals surface area contributed by atoms with Crippen LogP contribution in [-0.2, 0) is 4.79 Å². The smallest absolute Gasteiger partial charge is 0.262 e. The molecule has 0 spiro atoms. The number of carbonyl (C=O) groups excluding carboxylic acids is 3. The molecule has 0 saturated carbocycles. The van der Waals surface area contributed by atoms with Gasteiger partial charge in [-0.25, -0.2) is 0 Å². The fourth-order valence-electron chi connectivity index (χ4n) is 3.96. The Morgan fingerprint density at radius 3 is 2.11 bits per heavy atom. The topological polar surface area (TPSA) is 60.9 Å². The lowest BCUT2D eigenvalue weighted by Crippen LogP contribution is -2.52. The highest BCUT2D eigenvalue weighted by molar-refractivity contribution is 6.22. The Morgan fingerprint density at radius 1 is 0.963 bits per heavy atom. The van der Waals surface area contributed by atoms with Crippen LogP contribution in [0.2, 0.25) is 0 Å². The number of likely N-dealkylation sites (N-methyl/N-ethyl adjacent to an activating group) is 1. The summed E-state index contributed by atoms with van der Waals surface area (Å²) in [5, 5.41) is 0. The molecule has 1 unspecified atom stereocenters. The lowest BCUT2D eigenvalue weighted by molar-refractivity contribution is -0.119. The maximum absolute atomic E-state index is 13.1. The summed E-state index contributed by atoms with van der Waals surface area (Å²) in [7, 11) is 0. The maximum Gasteiger partial charge on any atom is 0.262 e. The number of hydrogen-bond donors (Lipinski definition) is 0. The summed E-state index contributed by atoms with van der Waals surface area (Å²) < 4.78 is 0. The number of carbonyl (C=O) groups is 3. The minimum absolute atomic E-state index is 0.149. The molecule has 2 aliphatic rings. The van der Waals surface area contributed by atoms with Crippen molar-refractivity contribution in [3.63, 3.8) is 0 Å². The standard InChI is InChI=1S/C21H21N3O3/c1-3-22-14(2)12-23(18-11-7-6-10-17(18)22)19(25)13-24-20(26)15-8-4-5-9-16(15)21(24)27/h4-11,14H,3,12-13H2,1-2H3. The summed E-state index contributed by atoms with van der Waals surface area (Å²) in [6.07, 6.45) is 0. The van der Waals surface area contributed by atoms with Gasteiger partial charge in [0.1, 0.15) is 6.54 Å². The van der Waals surface area contributed by atoms with Crippen molar-refractivity contribution in [3.8, 4) is 0 Å². The molecule has 0 bridgehead atoms. The van der Waals surface area contributed by atoms with Crippen LogP contribution in [0.4, 0.5) is 11.4 Å². The van der Waals surface area contributed by atoms with Crippen LogP contribution < -0.4 is 9.80 Å². The van der Waals surface area contributed by atoms with Crippen molar-refractivity contribution in [2.24, 2.45) is 0 Å². The number of hydrogen-bond acceptors (Lipinski definition) is 4. The van der Waals surface area contributed by atoms with E-state index in [1.54, 1.807) is 29.2 Å². The van der Waals surface area contributed by atoms with E-state index in [9.17, 15) is 14.4 Å². The van der Waals surface area contributed by atoms with Crippen molar-refractivity contribution in [3.05, 3.63) is 59.7 Å². The van der Waals surface area contributed by atoms with Crippen molar-refractivity contribution in [2.75, 3.05) is 29.4 Å². The third-order valence-electron chi connectivity index (χ3n) is 5.27. The van der Waals surface area contributed by atoms with E-state index in [0.29, 0.717) is 17.7 Å². The van der Waals surface area contributed by atoms with Gasteiger partial charge in [-0.2, -0.15) is 0 Å². The number of imide groups is 1. The van der Waals surface area contributed by atoms with Gasteiger partial charge in [0.2, 0.25) is 5.91 Å². The molecule has 27 heavy (non-hydrogen) atoms. The van der Waals surface area contributed by atoms with Gasteiger partial charge in [-0.15, -0.1) is 0 Å². The van der Waals surface area contributed by atoms with E-state index < -0.39 is 11.8 Å². The van der Waals surface area contributed by atoms with Gasteiger partial charge in [0.05, 0.1) is 22.5 Å². The van der Waals surface area contributed by atoms with Gasteiger partial charge in [0.25, 0.3) is 11.8 Å². The second-order valence-electron chi connectivity index (χ2n) is 6.87. The van der Waals surface area contributed by atoms with Crippen molar-refractivity contribution in [1.82, 2.24) is 4.90 Å². The third-order valence-corrected chi connectivity index (χ3v) is 5.27. The van der Waals surface area contributed by atoms with Crippen molar-refractivity contribution in [1.29, 1.82) is 0 Å². The summed E-state index contributed by atoms with van der Waals surface area (Å²) in [5.74, 6) is -1.06. The average molecular weight is 363 g/mol. The lowest BCUT2D eigenvalue weighted by Gasteiger charge is -2.42. The predicted molar refractivity (Wildman–Crippen MR) is 103 cm³/mol. The number of para-hydroxylation sites is 2. The van der Waals surface area contributed by atoms with Crippen molar-refractivity contribution < 1.29 is 14.4 Å². The SMILES string of the molecule is CCN1c2ccccc2N(C(=O)CN2C(=O)c3ccccc3C2=O)CC1C. The molecule has 1 atom stereocenters. The largest absolute Gasteiger partial charge is 0.366 e. The number of rotatable bonds is 3. The monoisotopic (exact) mass is 363 g/mol. The second-order valence-corrected chi connectivity index (χ2v) is 6.87. The Balaban J connectivity index is 1.61. The molecule has 0 aromatic heterocycles.